The number of hydrogen-bond donors (Lipinski definition) is 3. The number of carbonyl (C=O) groups excluding carboxylic acids is 1. The van der Waals surface area contributed by atoms with E-state index in [9.17, 15) is 18.7 Å². The molecule has 3 N–H and O–H groups in total. The van der Waals surface area contributed by atoms with Crippen molar-refractivity contribution in [3.63, 3.8) is 0 Å². The average molecular weight is 520 g/mol. The van der Waals surface area contributed by atoms with Gasteiger partial charge in [-0.05, 0) is 58.6 Å². The smallest absolute Gasteiger partial charge is 0.216 e. The number of carbonyl (C=O) groups is 1. The molecule has 1 amide bonds. The van der Waals surface area contributed by atoms with Crippen LogP contribution in [0.5, 0.6) is 0 Å². The summed E-state index contributed by atoms with van der Waals surface area (Å²) in [4.78, 5) is 11.2. The Morgan fingerprint density at radius 3 is 2.85 bits per heavy atom. The fourth-order valence-electron chi connectivity index (χ4n) is 4.31. The third-order valence-corrected chi connectivity index (χ3v) is 6.81. The first kappa shape index (κ1) is 23.5. The third kappa shape index (κ3) is 4.71. The van der Waals surface area contributed by atoms with Crippen LogP contribution in [-0.4, -0.2) is 35.8 Å². The number of halogens is 3. The van der Waals surface area contributed by atoms with Gasteiger partial charge in [0.25, 0.3) is 0 Å². The minimum absolute atomic E-state index is 0.0984. The Bertz CT molecular complexity index is 1170. The van der Waals surface area contributed by atoms with Crippen molar-refractivity contribution < 1.29 is 23.2 Å². The van der Waals surface area contributed by atoms with E-state index in [2.05, 4.69) is 31.7 Å². The van der Waals surface area contributed by atoms with Crippen molar-refractivity contribution in [1.29, 1.82) is 0 Å². The van der Waals surface area contributed by atoms with Crippen LogP contribution in [0.2, 0.25) is 0 Å². The first-order valence-corrected chi connectivity index (χ1v) is 11.5. The van der Waals surface area contributed by atoms with Gasteiger partial charge < -0.3 is 20.3 Å². The van der Waals surface area contributed by atoms with E-state index in [1.54, 1.807) is 0 Å². The van der Waals surface area contributed by atoms with Gasteiger partial charge in [0.2, 0.25) is 5.91 Å². The van der Waals surface area contributed by atoms with Crippen LogP contribution >= 0.6 is 15.9 Å². The fourth-order valence-corrected chi connectivity index (χ4v) is 4.94. The number of aromatic nitrogens is 1. The number of piperidine rings is 1. The van der Waals surface area contributed by atoms with Gasteiger partial charge in [-0.25, -0.2) is 8.78 Å². The summed E-state index contributed by atoms with van der Waals surface area (Å²) in [6, 6.07) is 11.1. The lowest BCUT2D eigenvalue weighted by Crippen LogP contribution is -2.46. The summed E-state index contributed by atoms with van der Waals surface area (Å²) in [5, 5.41) is 21.9. The van der Waals surface area contributed by atoms with Gasteiger partial charge in [-0.3, -0.25) is 4.79 Å². The van der Waals surface area contributed by atoms with Crippen LogP contribution in [0.4, 0.5) is 8.78 Å². The second-order valence-electron chi connectivity index (χ2n) is 8.16. The molecule has 1 fully saturated rings. The van der Waals surface area contributed by atoms with Gasteiger partial charge in [-0.2, -0.15) is 0 Å². The van der Waals surface area contributed by atoms with Crippen molar-refractivity contribution >= 4 is 21.8 Å². The molecule has 1 saturated heterocycles. The molecule has 9 heteroatoms. The maximum Gasteiger partial charge on any atom is 0.216 e. The summed E-state index contributed by atoms with van der Waals surface area (Å²) in [7, 11) is 0. The van der Waals surface area contributed by atoms with E-state index in [-0.39, 0.29) is 11.5 Å². The lowest BCUT2D eigenvalue weighted by atomic mass is 9.75. The van der Waals surface area contributed by atoms with E-state index >= 15 is 0 Å². The van der Waals surface area contributed by atoms with Crippen molar-refractivity contribution in [2.45, 2.75) is 31.3 Å². The molecule has 33 heavy (non-hydrogen) atoms. The third-order valence-electron chi connectivity index (χ3n) is 6.04. The molecule has 3 aromatic rings. The Balaban J connectivity index is 1.70. The first-order chi connectivity index (χ1) is 15.8. The normalized spacial score (nSPS) is 20.6. The van der Waals surface area contributed by atoms with Crippen molar-refractivity contribution in [1.82, 2.24) is 15.8 Å². The molecular formula is C24H24BrF2N3O3. The molecule has 2 aromatic carbocycles. The zero-order valence-electron chi connectivity index (χ0n) is 18.0. The molecule has 2 heterocycles. The summed E-state index contributed by atoms with van der Waals surface area (Å²) < 4.78 is 33.8. The van der Waals surface area contributed by atoms with Crippen LogP contribution in [0.3, 0.4) is 0 Å². The van der Waals surface area contributed by atoms with E-state index in [4.69, 9.17) is 4.52 Å². The predicted molar refractivity (Wildman–Crippen MR) is 123 cm³/mol. The fraction of sp³-hybridized carbons (Fsp3) is 0.333. The van der Waals surface area contributed by atoms with Gasteiger partial charge in [0, 0.05) is 25.6 Å². The maximum atomic E-state index is 14.0. The predicted octanol–water partition coefficient (Wildman–Crippen LogP) is 4.03. The van der Waals surface area contributed by atoms with Gasteiger partial charge in [0.15, 0.2) is 17.4 Å². The quantitative estimate of drug-likeness (QED) is 0.457. The summed E-state index contributed by atoms with van der Waals surface area (Å²) in [6.45, 7) is 2.83. The standard InChI is InChI=1S/C24H24BrF2N3O3/c1-14(31)29-10-8-15-4-2-3-5-17(15)22-21(25)23(33-30-22)18-13-28-11-9-24(18,32)16-6-7-19(26)20(27)12-16/h2-7,12,18,28,32H,8-11,13H2,1H3,(H,29,31). The molecule has 4 rings (SSSR count). The topological polar surface area (TPSA) is 87.4 Å². The second-order valence-corrected chi connectivity index (χ2v) is 8.95. The molecule has 1 aliphatic rings. The van der Waals surface area contributed by atoms with Gasteiger partial charge in [-0.1, -0.05) is 35.5 Å². The molecule has 0 radical (unpaired) electrons. The molecule has 0 bridgehead atoms. The molecule has 174 valence electrons. The van der Waals surface area contributed by atoms with Crippen LogP contribution in [-0.2, 0) is 16.8 Å². The van der Waals surface area contributed by atoms with E-state index in [0.29, 0.717) is 48.4 Å². The molecule has 6 nitrogen and oxygen atoms in total. The van der Waals surface area contributed by atoms with Crippen molar-refractivity contribution in [3.05, 3.63) is 75.5 Å². The highest BCUT2D eigenvalue weighted by Gasteiger charge is 2.45. The minimum atomic E-state index is -1.47. The van der Waals surface area contributed by atoms with Crippen LogP contribution in [0.1, 0.15) is 36.1 Å². The van der Waals surface area contributed by atoms with Crippen LogP contribution in [0, 0.1) is 11.6 Å². The molecule has 2 unspecified atom stereocenters. The molecule has 0 saturated carbocycles. The number of hydrogen-bond acceptors (Lipinski definition) is 5. The summed E-state index contributed by atoms with van der Waals surface area (Å²) in [6.07, 6.45) is 0.896. The highest BCUT2D eigenvalue weighted by molar-refractivity contribution is 9.10. The van der Waals surface area contributed by atoms with Crippen LogP contribution < -0.4 is 10.6 Å². The zero-order chi connectivity index (χ0) is 23.6. The van der Waals surface area contributed by atoms with Crippen molar-refractivity contribution in [2.75, 3.05) is 19.6 Å². The largest absolute Gasteiger partial charge is 0.384 e. The Morgan fingerprint density at radius 2 is 2.09 bits per heavy atom. The Morgan fingerprint density at radius 1 is 1.30 bits per heavy atom. The number of nitrogens with one attached hydrogen (secondary N) is 2. The van der Waals surface area contributed by atoms with E-state index in [1.165, 1.54) is 13.0 Å². The summed E-state index contributed by atoms with van der Waals surface area (Å²) in [5.41, 5.74) is 1.20. The van der Waals surface area contributed by atoms with Crippen molar-refractivity contribution in [2.24, 2.45) is 0 Å². The van der Waals surface area contributed by atoms with E-state index in [0.717, 1.165) is 23.3 Å². The van der Waals surface area contributed by atoms with Gasteiger partial charge in [-0.15, -0.1) is 0 Å². The zero-order valence-corrected chi connectivity index (χ0v) is 19.6. The molecule has 1 aromatic heterocycles. The van der Waals surface area contributed by atoms with E-state index in [1.807, 2.05) is 24.3 Å². The van der Waals surface area contributed by atoms with Crippen molar-refractivity contribution in [3.8, 4) is 11.3 Å². The molecular weight excluding hydrogens is 496 g/mol. The highest BCUT2D eigenvalue weighted by Crippen LogP contribution is 2.46. The molecule has 0 spiro atoms. The van der Waals surface area contributed by atoms with Gasteiger partial charge in [0.05, 0.1) is 10.4 Å². The van der Waals surface area contributed by atoms with E-state index < -0.39 is 23.2 Å². The SMILES string of the molecule is CC(=O)NCCc1ccccc1-c1noc(C2CNCCC2(O)c2ccc(F)c(F)c2)c1Br. The molecule has 0 aliphatic carbocycles. The first-order valence-electron chi connectivity index (χ1n) is 10.7. The van der Waals surface area contributed by atoms with Crippen LogP contribution in [0.15, 0.2) is 51.5 Å². The van der Waals surface area contributed by atoms with Gasteiger partial charge in [0.1, 0.15) is 11.3 Å². The minimum Gasteiger partial charge on any atom is -0.384 e. The molecule has 1 aliphatic heterocycles. The Kier molecular flexibility index (Phi) is 6.92. The highest BCUT2D eigenvalue weighted by atomic mass is 79.9. The summed E-state index contributed by atoms with van der Waals surface area (Å²) >= 11 is 3.60. The Hall–Kier alpha value is -2.62. The number of nitrogens with zero attached hydrogens (tertiary/aromatic N) is 1. The number of amides is 1. The number of rotatable bonds is 6. The molecule has 2 atom stereocenters. The average Bonchev–Trinajstić information content (AvgIpc) is 3.17. The van der Waals surface area contributed by atoms with Crippen LogP contribution in [0.25, 0.3) is 11.3 Å². The van der Waals surface area contributed by atoms with Gasteiger partial charge >= 0.3 is 0 Å². The monoisotopic (exact) mass is 519 g/mol. The number of benzene rings is 2. The Labute approximate surface area is 198 Å². The lowest BCUT2D eigenvalue weighted by Gasteiger charge is -2.39. The number of aliphatic hydroxyl groups is 1. The maximum absolute atomic E-state index is 14.0. The lowest BCUT2D eigenvalue weighted by molar-refractivity contribution is -0.118. The second kappa shape index (κ2) is 9.70. The summed E-state index contributed by atoms with van der Waals surface area (Å²) in [5.74, 6) is -2.24.